The van der Waals surface area contributed by atoms with E-state index in [0.29, 0.717) is 30.5 Å². The standard InChI is InChI=1S/C27H38FN5O6/c1-16(7-17(13-34)10-30-11-19(14-35)33(25(38)39)26(2,3)4)12-32-15-27(9-22(32)23(29)36)20-8-18(28)5-6-21(20)31-24(27)37/h5-6,8,13-14,16-17,19,22,30H,7,9-12,15H2,1-4H3,(H2,29,36)(H,31,37)(H,38,39)/t16?,17-,19?,22-,27-/m0/s1. The summed E-state index contributed by atoms with van der Waals surface area (Å²) in [6, 6.07) is 2.45. The Morgan fingerprint density at radius 1 is 1.31 bits per heavy atom. The average Bonchev–Trinajstić information content (AvgIpc) is 3.34. The SMILES string of the molecule is CC(C[C@H](C=O)CNCC(C=O)N(C(=O)O)C(C)(C)C)CN1C[C@]2(C[C@H]1C(N)=O)C(=O)Nc1ccc(F)cc12. The summed E-state index contributed by atoms with van der Waals surface area (Å²) >= 11 is 0. The maximum absolute atomic E-state index is 14.1. The molecule has 3 rings (SSSR count). The van der Waals surface area contributed by atoms with Gasteiger partial charge in [0.1, 0.15) is 24.4 Å². The molecular formula is C27H38FN5O6. The van der Waals surface area contributed by atoms with Crippen molar-refractivity contribution < 1.29 is 33.5 Å². The minimum absolute atomic E-state index is 0.0509. The lowest BCUT2D eigenvalue weighted by Crippen LogP contribution is -2.55. The average molecular weight is 548 g/mol. The third-order valence-electron chi connectivity index (χ3n) is 7.59. The Morgan fingerprint density at radius 3 is 2.56 bits per heavy atom. The zero-order chi connectivity index (χ0) is 29.1. The fraction of sp³-hybridized carbons (Fsp3) is 0.593. The van der Waals surface area contributed by atoms with Gasteiger partial charge in [0, 0.05) is 43.3 Å². The van der Waals surface area contributed by atoms with Gasteiger partial charge in [0.15, 0.2) is 0 Å². The van der Waals surface area contributed by atoms with Crippen molar-refractivity contribution in [1.82, 2.24) is 15.1 Å². The largest absolute Gasteiger partial charge is 0.465 e. The zero-order valence-corrected chi connectivity index (χ0v) is 22.8. The van der Waals surface area contributed by atoms with E-state index in [2.05, 4.69) is 10.6 Å². The van der Waals surface area contributed by atoms with Gasteiger partial charge in [0.2, 0.25) is 11.8 Å². The third-order valence-corrected chi connectivity index (χ3v) is 7.59. The van der Waals surface area contributed by atoms with Crippen molar-refractivity contribution in [3.8, 4) is 0 Å². The third kappa shape index (κ3) is 6.44. The van der Waals surface area contributed by atoms with Crippen molar-refractivity contribution in [1.29, 1.82) is 0 Å². The van der Waals surface area contributed by atoms with E-state index in [1.54, 1.807) is 20.8 Å². The number of hydrogen-bond acceptors (Lipinski definition) is 7. The minimum Gasteiger partial charge on any atom is -0.465 e. The summed E-state index contributed by atoms with van der Waals surface area (Å²) in [4.78, 5) is 63.4. The van der Waals surface area contributed by atoms with Crippen LogP contribution < -0.4 is 16.4 Å². The monoisotopic (exact) mass is 547 g/mol. The first-order valence-electron chi connectivity index (χ1n) is 13.0. The van der Waals surface area contributed by atoms with E-state index in [9.17, 15) is 33.5 Å². The first-order chi connectivity index (χ1) is 18.2. The molecule has 0 saturated carbocycles. The predicted octanol–water partition coefficient (Wildman–Crippen LogP) is 1.35. The lowest BCUT2D eigenvalue weighted by Gasteiger charge is -2.37. The molecule has 2 unspecified atom stereocenters. The predicted molar refractivity (Wildman–Crippen MR) is 142 cm³/mol. The number of halogens is 1. The number of benzene rings is 1. The van der Waals surface area contributed by atoms with Crippen LogP contribution >= 0.6 is 0 Å². The van der Waals surface area contributed by atoms with Crippen LogP contribution in [-0.4, -0.2) is 89.2 Å². The highest BCUT2D eigenvalue weighted by Crippen LogP contribution is 2.46. The molecule has 0 aromatic heterocycles. The number of nitrogens with two attached hydrogens (primary N) is 1. The van der Waals surface area contributed by atoms with E-state index in [0.717, 1.165) is 11.2 Å². The maximum atomic E-state index is 14.1. The number of carboxylic acid groups (broad SMARTS) is 1. The number of nitrogens with zero attached hydrogens (tertiary/aromatic N) is 2. The molecule has 39 heavy (non-hydrogen) atoms. The van der Waals surface area contributed by atoms with E-state index in [-0.39, 0.29) is 37.9 Å². The van der Waals surface area contributed by atoms with Crippen molar-refractivity contribution >= 4 is 36.2 Å². The van der Waals surface area contributed by atoms with E-state index in [1.165, 1.54) is 18.2 Å². The van der Waals surface area contributed by atoms with E-state index in [4.69, 9.17) is 5.73 Å². The van der Waals surface area contributed by atoms with Gasteiger partial charge in [0.25, 0.3) is 0 Å². The first kappa shape index (κ1) is 30.2. The molecule has 2 aliphatic heterocycles. The van der Waals surface area contributed by atoms with Crippen LogP contribution in [-0.2, 0) is 24.6 Å². The molecule has 214 valence electrons. The molecule has 0 radical (unpaired) electrons. The molecule has 0 bridgehead atoms. The number of amides is 3. The Hall–Kier alpha value is -3.38. The number of primary amides is 1. The Kier molecular flexibility index (Phi) is 9.12. The molecule has 3 amide bonds. The van der Waals surface area contributed by atoms with Crippen molar-refractivity contribution in [2.75, 3.05) is 31.5 Å². The van der Waals surface area contributed by atoms with Crippen LogP contribution in [0.15, 0.2) is 18.2 Å². The molecule has 1 saturated heterocycles. The topological polar surface area (TPSA) is 162 Å². The van der Waals surface area contributed by atoms with E-state index >= 15 is 0 Å². The Balaban J connectivity index is 1.63. The molecule has 1 spiro atoms. The van der Waals surface area contributed by atoms with Crippen LogP contribution in [0.4, 0.5) is 14.9 Å². The normalized spacial score (nSPS) is 23.1. The number of hydrogen-bond donors (Lipinski definition) is 4. The second kappa shape index (κ2) is 11.8. The van der Waals surface area contributed by atoms with Crippen molar-refractivity contribution in [2.24, 2.45) is 17.6 Å². The number of carbonyl (C=O) groups excluding carboxylic acids is 4. The highest BCUT2D eigenvalue weighted by molar-refractivity contribution is 6.07. The van der Waals surface area contributed by atoms with Crippen molar-refractivity contribution in [3.05, 3.63) is 29.6 Å². The Morgan fingerprint density at radius 2 is 2.00 bits per heavy atom. The summed E-state index contributed by atoms with van der Waals surface area (Å²) in [5.74, 6) is -1.86. The van der Waals surface area contributed by atoms with Gasteiger partial charge in [-0.3, -0.25) is 19.4 Å². The quantitative estimate of drug-likeness (QED) is 0.285. The Labute approximate surface area is 227 Å². The molecule has 1 fully saturated rings. The number of likely N-dealkylation sites (tertiary alicyclic amines) is 1. The molecule has 0 aliphatic carbocycles. The fourth-order valence-corrected chi connectivity index (χ4v) is 5.92. The highest BCUT2D eigenvalue weighted by atomic mass is 19.1. The number of carbonyl (C=O) groups is 5. The molecule has 2 heterocycles. The summed E-state index contributed by atoms with van der Waals surface area (Å²) < 4.78 is 14.1. The van der Waals surface area contributed by atoms with Gasteiger partial charge in [-0.2, -0.15) is 0 Å². The lowest BCUT2D eigenvalue weighted by molar-refractivity contribution is -0.122. The van der Waals surface area contributed by atoms with Crippen LogP contribution in [0, 0.1) is 17.7 Å². The summed E-state index contributed by atoms with van der Waals surface area (Å²) in [6.07, 6.45) is 0.739. The summed E-state index contributed by atoms with van der Waals surface area (Å²) in [5.41, 5.74) is 4.85. The fourth-order valence-electron chi connectivity index (χ4n) is 5.92. The van der Waals surface area contributed by atoms with E-state index < -0.39 is 46.8 Å². The summed E-state index contributed by atoms with van der Waals surface area (Å²) in [5, 5.41) is 15.4. The van der Waals surface area contributed by atoms with Gasteiger partial charge < -0.3 is 31.1 Å². The number of fused-ring (bicyclic) bond motifs is 2. The lowest BCUT2D eigenvalue weighted by atomic mass is 9.79. The van der Waals surface area contributed by atoms with Crippen LogP contribution in [0.5, 0.6) is 0 Å². The van der Waals surface area contributed by atoms with E-state index in [1.807, 2.05) is 11.8 Å². The molecule has 11 nitrogen and oxygen atoms in total. The summed E-state index contributed by atoms with van der Waals surface area (Å²) in [6.45, 7) is 7.85. The molecule has 1 aromatic carbocycles. The number of rotatable bonds is 12. The molecular weight excluding hydrogens is 509 g/mol. The van der Waals surface area contributed by atoms with Gasteiger partial charge in [-0.15, -0.1) is 0 Å². The molecule has 2 aliphatic rings. The van der Waals surface area contributed by atoms with Gasteiger partial charge in [-0.1, -0.05) is 6.92 Å². The van der Waals surface area contributed by atoms with Crippen LogP contribution in [0.1, 0.15) is 46.1 Å². The van der Waals surface area contributed by atoms with Gasteiger partial charge in [-0.05, 0) is 63.3 Å². The van der Waals surface area contributed by atoms with Gasteiger partial charge in [-0.25, -0.2) is 9.18 Å². The first-order valence-corrected chi connectivity index (χ1v) is 13.0. The van der Waals surface area contributed by atoms with Crippen molar-refractivity contribution in [3.63, 3.8) is 0 Å². The second-order valence-corrected chi connectivity index (χ2v) is 11.7. The van der Waals surface area contributed by atoms with Gasteiger partial charge in [0.05, 0.1) is 11.5 Å². The zero-order valence-electron chi connectivity index (χ0n) is 22.8. The Bertz CT molecular complexity index is 1120. The van der Waals surface area contributed by atoms with Crippen LogP contribution in [0.2, 0.25) is 0 Å². The molecule has 5 N–H and O–H groups in total. The van der Waals surface area contributed by atoms with Crippen molar-refractivity contribution in [2.45, 2.75) is 63.6 Å². The second-order valence-electron chi connectivity index (χ2n) is 11.7. The number of aldehydes is 2. The number of nitrogens with one attached hydrogen (secondary N) is 2. The van der Waals surface area contributed by atoms with Crippen LogP contribution in [0.25, 0.3) is 0 Å². The minimum atomic E-state index is -1.21. The molecule has 12 heteroatoms. The number of anilines is 1. The maximum Gasteiger partial charge on any atom is 0.408 e. The molecule has 5 atom stereocenters. The summed E-state index contributed by atoms with van der Waals surface area (Å²) in [7, 11) is 0. The molecule has 1 aromatic rings. The van der Waals surface area contributed by atoms with Gasteiger partial charge >= 0.3 is 6.09 Å². The highest BCUT2D eigenvalue weighted by Gasteiger charge is 2.56. The van der Waals surface area contributed by atoms with Crippen LogP contribution in [0.3, 0.4) is 0 Å². The smallest absolute Gasteiger partial charge is 0.408 e.